The molecule has 2 heteroatoms. The van der Waals surface area contributed by atoms with Crippen LogP contribution < -0.4 is 5.73 Å². The third-order valence-electron chi connectivity index (χ3n) is 2.10. The van der Waals surface area contributed by atoms with Gasteiger partial charge in [-0.15, -0.1) is 0 Å². The fourth-order valence-corrected chi connectivity index (χ4v) is 0.954. The van der Waals surface area contributed by atoms with Crippen molar-refractivity contribution < 1.29 is 4.74 Å². The second-order valence-corrected chi connectivity index (χ2v) is 3.36. The Bertz CT molecular complexity index is 233. The van der Waals surface area contributed by atoms with Crippen LogP contribution in [0.4, 0.5) is 0 Å². The number of hydrogen-bond donors (Lipinski definition) is 1. The molecule has 2 N–H and O–H groups in total. The highest BCUT2D eigenvalue weighted by Gasteiger charge is 2.06. The second-order valence-electron chi connectivity index (χ2n) is 3.36. The lowest BCUT2D eigenvalue weighted by Gasteiger charge is -2.16. The molecule has 0 spiro atoms. The lowest BCUT2D eigenvalue weighted by Crippen LogP contribution is -2.31. The van der Waals surface area contributed by atoms with E-state index in [1.807, 2.05) is 44.2 Å². The summed E-state index contributed by atoms with van der Waals surface area (Å²) in [4.78, 5) is 0. The molecule has 1 aromatic carbocycles. The standard InChI is InChI=1S/C11H17NO/c1-9(12)10(2)13-8-11-6-4-3-5-7-11/h3-7,9-10H,8,12H2,1-2H3. The van der Waals surface area contributed by atoms with Crippen LogP contribution in [0, 0.1) is 0 Å². The zero-order valence-electron chi connectivity index (χ0n) is 8.23. The molecule has 13 heavy (non-hydrogen) atoms. The molecule has 2 unspecified atom stereocenters. The smallest absolute Gasteiger partial charge is 0.0721 e. The highest BCUT2D eigenvalue weighted by Crippen LogP contribution is 2.04. The second kappa shape index (κ2) is 5.00. The van der Waals surface area contributed by atoms with E-state index < -0.39 is 0 Å². The Morgan fingerprint density at radius 2 is 1.85 bits per heavy atom. The molecule has 1 aromatic rings. The molecule has 0 saturated carbocycles. The Morgan fingerprint density at radius 1 is 1.23 bits per heavy atom. The van der Waals surface area contributed by atoms with Gasteiger partial charge in [0, 0.05) is 6.04 Å². The molecular weight excluding hydrogens is 162 g/mol. The van der Waals surface area contributed by atoms with E-state index in [0.717, 1.165) is 0 Å². The zero-order chi connectivity index (χ0) is 9.68. The first kappa shape index (κ1) is 10.2. The average molecular weight is 179 g/mol. The summed E-state index contributed by atoms with van der Waals surface area (Å²) in [6.45, 7) is 4.59. The van der Waals surface area contributed by atoms with Crippen molar-refractivity contribution in [1.82, 2.24) is 0 Å². The number of benzene rings is 1. The van der Waals surface area contributed by atoms with Crippen molar-refractivity contribution in [3.05, 3.63) is 35.9 Å². The van der Waals surface area contributed by atoms with Gasteiger partial charge in [0.15, 0.2) is 0 Å². The van der Waals surface area contributed by atoms with Crippen LogP contribution >= 0.6 is 0 Å². The summed E-state index contributed by atoms with van der Waals surface area (Å²) in [5.41, 5.74) is 6.86. The summed E-state index contributed by atoms with van der Waals surface area (Å²) in [6.07, 6.45) is 0.111. The summed E-state index contributed by atoms with van der Waals surface area (Å²) in [6, 6.07) is 10.2. The first-order chi connectivity index (χ1) is 6.20. The van der Waals surface area contributed by atoms with E-state index in [4.69, 9.17) is 10.5 Å². The van der Waals surface area contributed by atoms with Crippen molar-refractivity contribution in [2.75, 3.05) is 0 Å². The van der Waals surface area contributed by atoms with Crippen molar-refractivity contribution in [3.8, 4) is 0 Å². The SMILES string of the molecule is CC(N)C(C)OCc1ccccc1. The maximum atomic E-state index is 5.68. The molecule has 72 valence electrons. The molecule has 0 aliphatic rings. The van der Waals surface area contributed by atoms with Crippen molar-refractivity contribution in [1.29, 1.82) is 0 Å². The minimum atomic E-state index is 0.0868. The van der Waals surface area contributed by atoms with Crippen molar-refractivity contribution in [2.24, 2.45) is 5.73 Å². The zero-order valence-corrected chi connectivity index (χ0v) is 8.23. The van der Waals surface area contributed by atoms with Gasteiger partial charge < -0.3 is 10.5 Å². The Kier molecular flexibility index (Phi) is 3.93. The summed E-state index contributed by atoms with van der Waals surface area (Å²) in [5.74, 6) is 0. The van der Waals surface area contributed by atoms with Crippen LogP contribution in [0.2, 0.25) is 0 Å². The topological polar surface area (TPSA) is 35.2 Å². The van der Waals surface area contributed by atoms with Crippen LogP contribution in [-0.2, 0) is 11.3 Å². The first-order valence-electron chi connectivity index (χ1n) is 4.61. The van der Waals surface area contributed by atoms with Crippen LogP contribution in [-0.4, -0.2) is 12.1 Å². The van der Waals surface area contributed by atoms with Gasteiger partial charge in [-0.3, -0.25) is 0 Å². The minimum absolute atomic E-state index is 0.0868. The molecule has 0 bridgehead atoms. The highest BCUT2D eigenvalue weighted by atomic mass is 16.5. The molecule has 2 nitrogen and oxygen atoms in total. The number of ether oxygens (including phenoxy) is 1. The third kappa shape index (κ3) is 3.57. The van der Waals surface area contributed by atoms with Gasteiger partial charge in [-0.25, -0.2) is 0 Å². The Labute approximate surface area is 79.7 Å². The molecule has 2 atom stereocenters. The van der Waals surface area contributed by atoms with Crippen LogP contribution in [0.3, 0.4) is 0 Å². The predicted molar refractivity (Wildman–Crippen MR) is 54.3 cm³/mol. The maximum absolute atomic E-state index is 5.68. The molecule has 0 radical (unpaired) electrons. The lowest BCUT2D eigenvalue weighted by molar-refractivity contribution is 0.0398. The van der Waals surface area contributed by atoms with Crippen molar-refractivity contribution in [2.45, 2.75) is 32.6 Å². The Balaban J connectivity index is 2.35. The van der Waals surface area contributed by atoms with E-state index in [-0.39, 0.29) is 12.1 Å². The van der Waals surface area contributed by atoms with E-state index in [1.165, 1.54) is 5.56 Å². The van der Waals surface area contributed by atoms with E-state index in [2.05, 4.69) is 0 Å². The molecule has 0 aromatic heterocycles. The van der Waals surface area contributed by atoms with E-state index in [1.54, 1.807) is 0 Å². The quantitative estimate of drug-likeness (QED) is 0.766. The fraction of sp³-hybridized carbons (Fsp3) is 0.455. The van der Waals surface area contributed by atoms with Crippen LogP contribution in [0.5, 0.6) is 0 Å². The fourth-order valence-electron chi connectivity index (χ4n) is 0.954. The van der Waals surface area contributed by atoms with Crippen LogP contribution in [0.1, 0.15) is 19.4 Å². The summed E-state index contributed by atoms with van der Waals surface area (Å²) >= 11 is 0. The average Bonchev–Trinajstić information content (AvgIpc) is 2.15. The maximum Gasteiger partial charge on any atom is 0.0721 e. The minimum Gasteiger partial charge on any atom is -0.372 e. The molecule has 0 aliphatic carbocycles. The number of nitrogens with two attached hydrogens (primary N) is 1. The predicted octanol–water partition coefficient (Wildman–Crippen LogP) is 1.94. The Hall–Kier alpha value is -0.860. The van der Waals surface area contributed by atoms with E-state index >= 15 is 0 Å². The van der Waals surface area contributed by atoms with Gasteiger partial charge in [0.1, 0.15) is 0 Å². The molecule has 0 aliphatic heterocycles. The van der Waals surface area contributed by atoms with Gasteiger partial charge in [0.2, 0.25) is 0 Å². The number of rotatable bonds is 4. The molecule has 0 saturated heterocycles. The molecule has 0 amide bonds. The number of hydrogen-bond acceptors (Lipinski definition) is 2. The molecule has 1 rings (SSSR count). The summed E-state index contributed by atoms with van der Waals surface area (Å²) in [7, 11) is 0. The third-order valence-corrected chi connectivity index (χ3v) is 2.10. The van der Waals surface area contributed by atoms with Gasteiger partial charge in [-0.05, 0) is 19.4 Å². The molecular formula is C11H17NO. The van der Waals surface area contributed by atoms with Crippen LogP contribution in [0.15, 0.2) is 30.3 Å². The first-order valence-corrected chi connectivity index (χ1v) is 4.61. The van der Waals surface area contributed by atoms with Crippen molar-refractivity contribution >= 4 is 0 Å². The van der Waals surface area contributed by atoms with Crippen molar-refractivity contribution in [3.63, 3.8) is 0 Å². The Morgan fingerprint density at radius 3 is 2.38 bits per heavy atom. The molecule has 0 fully saturated rings. The van der Waals surface area contributed by atoms with Gasteiger partial charge in [-0.2, -0.15) is 0 Å². The molecule has 0 heterocycles. The normalized spacial score (nSPS) is 15.3. The van der Waals surface area contributed by atoms with Crippen LogP contribution in [0.25, 0.3) is 0 Å². The van der Waals surface area contributed by atoms with Gasteiger partial charge in [0.25, 0.3) is 0 Å². The van der Waals surface area contributed by atoms with Gasteiger partial charge in [-0.1, -0.05) is 30.3 Å². The van der Waals surface area contributed by atoms with Gasteiger partial charge >= 0.3 is 0 Å². The van der Waals surface area contributed by atoms with Gasteiger partial charge in [0.05, 0.1) is 12.7 Å². The lowest BCUT2D eigenvalue weighted by atomic mass is 10.2. The largest absolute Gasteiger partial charge is 0.372 e. The summed E-state index contributed by atoms with van der Waals surface area (Å²) < 4.78 is 5.56. The summed E-state index contributed by atoms with van der Waals surface area (Å²) in [5, 5.41) is 0. The highest BCUT2D eigenvalue weighted by molar-refractivity contribution is 5.13. The monoisotopic (exact) mass is 179 g/mol. The van der Waals surface area contributed by atoms with E-state index in [9.17, 15) is 0 Å². The van der Waals surface area contributed by atoms with E-state index in [0.29, 0.717) is 6.61 Å².